The topological polar surface area (TPSA) is 82.3 Å². The number of aromatic nitrogens is 1. The fraction of sp³-hybridized carbons (Fsp3) is 0.190. The van der Waals surface area contributed by atoms with Crippen molar-refractivity contribution in [2.75, 3.05) is 18.0 Å². The van der Waals surface area contributed by atoms with Gasteiger partial charge in [-0.1, -0.05) is 0 Å². The number of phenols is 1. The third-order valence-electron chi connectivity index (χ3n) is 5.22. The van der Waals surface area contributed by atoms with Gasteiger partial charge in [-0.15, -0.1) is 36.2 Å². The summed E-state index contributed by atoms with van der Waals surface area (Å²) in [5, 5.41) is 11.5. The number of nitrogens with zero attached hydrogens (tertiary/aromatic N) is 1. The molecule has 1 atom stereocenters. The van der Waals surface area contributed by atoms with E-state index in [1.165, 1.54) is 11.3 Å². The van der Waals surface area contributed by atoms with Crippen LogP contribution in [0.4, 0.5) is 5.69 Å². The summed E-state index contributed by atoms with van der Waals surface area (Å²) in [5.41, 5.74) is 8.96. The largest absolute Gasteiger partial charge is 0.508 e. The molecule has 3 heterocycles. The van der Waals surface area contributed by atoms with Gasteiger partial charge in [-0.05, 0) is 60.5 Å². The number of nitrogens with one attached hydrogen (secondary N) is 1. The highest BCUT2D eigenvalue weighted by molar-refractivity contribution is 7.22. The number of H-pyrrole nitrogens is 1. The number of thiophene rings is 1. The molecule has 29 heavy (non-hydrogen) atoms. The third-order valence-corrected chi connectivity index (χ3v) is 6.40. The van der Waals surface area contributed by atoms with Crippen molar-refractivity contribution in [3.63, 3.8) is 0 Å². The maximum absolute atomic E-state index is 12.6. The van der Waals surface area contributed by atoms with Crippen molar-refractivity contribution >= 4 is 62.8 Å². The normalized spacial score (nSPS) is 16.0. The van der Waals surface area contributed by atoms with E-state index in [9.17, 15) is 9.90 Å². The van der Waals surface area contributed by atoms with E-state index in [4.69, 9.17) is 5.73 Å². The Kier molecular flexibility index (Phi) is 6.10. The maximum atomic E-state index is 12.6. The van der Waals surface area contributed by atoms with Gasteiger partial charge in [-0.2, -0.15) is 0 Å². The van der Waals surface area contributed by atoms with Crippen LogP contribution in [0.1, 0.15) is 6.42 Å². The number of fused-ring (bicyclic) bond motifs is 3. The fourth-order valence-electron chi connectivity index (χ4n) is 3.79. The molecule has 0 aliphatic carbocycles. The number of aromatic hydroxyl groups is 1. The molecular weight excluding hydrogens is 429 g/mol. The number of hydrogen-bond acceptors (Lipinski definition) is 5. The van der Waals surface area contributed by atoms with Gasteiger partial charge < -0.3 is 20.7 Å². The average molecular weight is 450 g/mol. The summed E-state index contributed by atoms with van der Waals surface area (Å²) in [6.45, 7) is 1.82. The standard InChI is InChI=1S/C21H19N3O2S.2ClH/c22-13-7-8-24(11-13)14-3-6-18-16(9-14)17-10-19(27-20(17)21(26)23-18)12-1-4-15(25)5-2-12;;/h1-6,9-10,13,25H,7-8,11,22H2,(H,23,26);2*1H. The quantitative estimate of drug-likeness (QED) is 0.420. The van der Waals surface area contributed by atoms with Crippen molar-refractivity contribution in [3.8, 4) is 16.2 Å². The lowest BCUT2D eigenvalue weighted by molar-refractivity contribution is 0.475. The van der Waals surface area contributed by atoms with Gasteiger partial charge >= 0.3 is 0 Å². The van der Waals surface area contributed by atoms with E-state index in [0.717, 1.165) is 56.6 Å². The van der Waals surface area contributed by atoms with Crippen LogP contribution in [0.3, 0.4) is 0 Å². The second-order valence-electron chi connectivity index (χ2n) is 7.08. The Bertz CT molecular complexity index is 1220. The zero-order valence-corrected chi connectivity index (χ0v) is 17.9. The summed E-state index contributed by atoms with van der Waals surface area (Å²) in [5.74, 6) is 0.233. The molecule has 0 bridgehead atoms. The Morgan fingerprint density at radius 1 is 1.07 bits per heavy atom. The highest BCUT2D eigenvalue weighted by Crippen LogP contribution is 2.36. The van der Waals surface area contributed by atoms with Gasteiger partial charge in [0.25, 0.3) is 5.56 Å². The van der Waals surface area contributed by atoms with Gasteiger partial charge in [-0.3, -0.25) is 4.79 Å². The summed E-state index contributed by atoms with van der Waals surface area (Å²) < 4.78 is 0.723. The van der Waals surface area contributed by atoms with Crippen molar-refractivity contribution in [2.24, 2.45) is 5.73 Å². The van der Waals surface area contributed by atoms with Crippen molar-refractivity contribution in [1.29, 1.82) is 0 Å². The first-order chi connectivity index (χ1) is 13.1. The van der Waals surface area contributed by atoms with Crippen LogP contribution in [0.15, 0.2) is 53.3 Å². The summed E-state index contributed by atoms with van der Waals surface area (Å²) in [6, 6.07) is 15.5. The lowest BCUT2D eigenvalue weighted by atomic mass is 10.1. The van der Waals surface area contributed by atoms with Crippen molar-refractivity contribution in [3.05, 3.63) is 58.9 Å². The Hall–Kier alpha value is -2.25. The first-order valence-electron chi connectivity index (χ1n) is 8.98. The number of pyridine rings is 1. The van der Waals surface area contributed by atoms with Crippen molar-refractivity contribution in [1.82, 2.24) is 4.98 Å². The van der Waals surface area contributed by atoms with Gasteiger partial charge in [-0.25, -0.2) is 0 Å². The van der Waals surface area contributed by atoms with Crippen LogP contribution in [-0.2, 0) is 0 Å². The van der Waals surface area contributed by atoms with E-state index in [0.29, 0.717) is 0 Å². The zero-order chi connectivity index (χ0) is 18.5. The molecule has 5 nitrogen and oxygen atoms in total. The molecule has 5 rings (SSSR count). The Morgan fingerprint density at radius 3 is 2.52 bits per heavy atom. The van der Waals surface area contributed by atoms with Crippen LogP contribution in [0.2, 0.25) is 0 Å². The minimum absolute atomic E-state index is 0. The van der Waals surface area contributed by atoms with Crippen LogP contribution in [0, 0.1) is 0 Å². The molecule has 1 unspecified atom stereocenters. The summed E-state index contributed by atoms with van der Waals surface area (Å²) in [4.78, 5) is 18.9. The Morgan fingerprint density at radius 2 is 1.83 bits per heavy atom. The molecule has 0 spiro atoms. The maximum Gasteiger partial charge on any atom is 0.266 e. The van der Waals surface area contributed by atoms with E-state index in [2.05, 4.69) is 28.1 Å². The number of anilines is 1. The lowest BCUT2D eigenvalue weighted by Gasteiger charge is -2.18. The van der Waals surface area contributed by atoms with E-state index < -0.39 is 0 Å². The highest BCUT2D eigenvalue weighted by Gasteiger charge is 2.20. The van der Waals surface area contributed by atoms with E-state index in [1.807, 2.05) is 18.2 Å². The molecule has 1 aliphatic heterocycles. The molecule has 2 aromatic heterocycles. The summed E-state index contributed by atoms with van der Waals surface area (Å²) in [7, 11) is 0. The van der Waals surface area contributed by atoms with E-state index in [-0.39, 0.29) is 42.2 Å². The van der Waals surface area contributed by atoms with Crippen LogP contribution in [0.25, 0.3) is 31.4 Å². The molecule has 0 radical (unpaired) electrons. The SMILES string of the molecule is Cl.Cl.NC1CCN(c2ccc3[nH]c(=O)c4sc(-c5ccc(O)cc5)cc4c3c2)C1. The number of aromatic amines is 1. The predicted molar refractivity (Wildman–Crippen MR) is 126 cm³/mol. The molecular formula is C21H21Cl2N3O2S. The molecule has 2 aromatic carbocycles. The number of benzene rings is 2. The van der Waals surface area contributed by atoms with Crippen molar-refractivity contribution in [2.45, 2.75) is 12.5 Å². The lowest BCUT2D eigenvalue weighted by Crippen LogP contribution is -2.26. The monoisotopic (exact) mass is 449 g/mol. The number of phenolic OH excluding ortho intramolecular Hbond substituents is 1. The second-order valence-corrected chi connectivity index (χ2v) is 8.13. The Balaban J connectivity index is 0.00000120. The number of nitrogens with two attached hydrogens (primary N) is 1. The summed E-state index contributed by atoms with van der Waals surface area (Å²) in [6.07, 6.45) is 1.00. The number of halogens is 2. The average Bonchev–Trinajstić information content (AvgIpc) is 3.29. The predicted octanol–water partition coefficient (Wildman–Crippen LogP) is 4.50. The molecule has 0 amide bonds. The molecule has 4 N–H and O–H groups in total. The smallest absolute Gasteiger partial charge is 0.266 e. The fourth-order valence-corrected chi connectivity index (χ4v) is 4.86. The number of rotatable bonds is 2. The zero-order valence-electron chi connectivity index (χ0n) is 15.4. The van der Waals surface area contributed by atoms with Gasteiger partial charge in [0.05, 0.1) is 0 Å². The molecule has 0 saturated carbocycles. The van der Waals surface area contributed by atoms with Crippen molar-refractivity contribution < 1.29 is 5.11 Å². The van der Waals surface area contributed by atoms with Crippen LogP contribution < -0.4 is 16.2 Å². The van der Waals surface area contributed by atoms with E-state index in [1.54, 1.807) is 12.1 Å². The molecule has 152 valence electrons. The molecule has 8 heteroatoms. The third kappa shape index (κ3) is 3.81. The van der Waals surface area contributed by atoms with Gasteiger partial charge in [0, 0.05) is 46.0 Å². The Labute approximate surface area is 184 Å². The number of hydrogen-bond donors (Lipinski definition) is 3. The molecule has 1 fully saturated rings. The van der Waals surface area contributed by atoms with Crippen LogP contribution >= 0.6 is 36.2 Å². The molecule has 1 aliphatic rings. The minimum Gasteiger partial charge on any atom is -0.508 e. The van der Waals surface area contributed by atoms with Crippen LogP contribution in [0.5, 0.6) is 5.75 Å². The second kappa shape index (κ2) is 8.24. The minimum atomic E-state index is -0.0662. The highest BCUT2D eigenvalue weighted by atomic mass is 35.5. The molecule has 4 aromatic rings. The van der Waals surface area contributed by atoms with Gasteiger partial charge in [0.15, 0.2) is 0 Å². The first-order valence-corrected chi connectivity index (χ1v) is 9.80. The summed E-state index contributed by atoms with van der Waals surface area (Å²) >= 11 is 1.48. The van der Waals surface area contributed by atoms with Crippen LogP contribution in [-0.4, -0.2) is 29.2 Å². The van der Waals surface area contributed by atoms with E-state index >= 15 is 0 Å². The first kappa shape index (κ1) is 21.5. The van der Waals surface area contributed by atoms with Gasteiger partial charge in [0.2, 0.25) is 0 Å². The van der Waals surface area contributed by atoms with Gasteiger partial charge in [0.1, 0.15) is 10.4 Å². The molecule has 1 saturated heterocycles.